The molecule has 0 aliphatic heterocycles. The van der Waals surface area contributed by atoms with Crippen LogP contribution in [0.5, 0.6) is 0 Å². The smallest absolute Gasteiger partial charge is 0.334 e. The first-order valence-electron chi connectivity index (χ1n) is 7.31. The van der Waals surface area contributed by atoms with E-state index in [1.54, 1.807) is 28.4 Å². The highest BCUT2D eigenvalue weighted by molar-refractivity contribution is 6.66. The van der Waals surface area contributed by atoms with Gasteiger partial charge < -0.3 is 27.2 Å². The lowest BCUT2D eigenvalue weighted by Crippen LogP contribution is -2.36. The summed E-state index contributed by atoms with van der Waals surface area (Å²) in [6.45, 7) is 5.76. The molecule has 21 heavy (non-hydrogen) atoms. The summed E-state index contributed by atoms with van der Waals surface area (Å²) in [6.07, 6.45) is 1.85. The summed E-state index contributed by atoms with van der Waals surface area (Å²) in [6, 6.07) is 1.84. The van der Waals surface area contributed by atoms with Gasteiger partial charge in [-0.15, -0.1) is 0 Å². The van der Waals surface area contributed by atoms with Crippen LogP contribution in [-0.2, 0) is 27.2 Å². The Morgan fingerprint density at radius 3 is 1.24 bits per heavy atom. The number of ether oxygens (including phenoxy) is 2. The number of rotatable bonds is 14. The summed E-state index contributed by atoms with van der Waals surface area (Å²) in [5.74, 6) is 0. The predicted molar refractivity (Wildman–Crippen MR) is 86.9 cm³/mol. The van der Waals surface area contributed by atoms with Crippen LogP contribution in [0.3, 0.4) is 0 Å². The fourth-order valence-electron chi connectivity index (χ4n) is 1.74. The van der Waals surface area contributed by atoms with Crippen molar-refractivity contribution in [1.29, 1.82) is 0 Å². The quantitative estimate of drug-likeness (QED) is 0.275. The molecule has 0 heterocycles. The van der Waals surface area contributed by atoms with E-state index in [2.05, 4.69) is 13.1 Å². The Hall–Kier alpha value is 0.194. The van der Waals surface area contributed by atoms with E-state index in [1.165, 1.54) is 0 Å². The van der Waals surface area contributed by atoms with Crippen LogP contribution in [0.25, 0.3) is 0 Å². The normalized spacial score (nSPS) is 12.9. The third-order valence-electron chi connectivity index (χ3n) is 3.73. The average molecular weight is 341 g/mol. The van der Waals surface area contributed by atoms with Crippen LogP contribution in [-0.4, -0.2) is 65.6 Å². The highest BCUT2D eigenvalue weighted by atomic mass is 28.4. The molecule has 0 bridgehead atoms. The summed E-state index contributed by atoms with van der Waals surface area (Å²) in [5.41, 5.74) is 0. The highest BCUT2D eigenvalue weighted by Gasteiger charge is 2.28. The van der Waals surface area contributed by atoms with Crippen LogP contribution in [0.15, 0.2) is 0 Å². The Morgan fingerprint density at radius 2 is 0.952 bits per heavy atom. The Labute approximate surface area is 131 Å². The van der Waals surface area contributed by atoms with Gasteiger partial charge in [-0.05, 0) is 38.0 Å². The molecule has 0 atom stereocenters. The van der Waals surface area contributed by atoms with Gasteiger partial charge in [-0.3, -0.25) is 0 Å². The van der Waals surface area contributed by atoms with E-state index in [9.17, 15) is 0 Å². The molecule has 0 aromatic carbocycles. The SMILES string of the molecule is CO[Si](C)(CCCOCOCCC[Si](C)(OC)OC)OC. The molecule has 0 amide bonds. The Morgan fingerprint density at radius 1 is 0.619 bits per heavy atom. The minimum Gasteiger partial charge on any atom is -0.398 e. The second-order valence-electron chi connectivity index (χ2n) is 5.23. The van der Waals surface area contributed by atoms with E-state index in [1.807, 2.05) is 0 Å². The average Bonchev–Trinajstić information content (AvgIpc) is 2.52. The van der Waals surface area contributed by atoms with Crippen molar-refractivity contribution >= 4 is 17.1 Å². The van der Waals surface area contributed by atoms with Gasteiger partial charge in [0.1, 0.15) is 6.79 Å². The summed E-state index contributed by atoms with van der Waals surface area (Å²) < 4.78 is 32.5. The van der Waals surface area contributed by atoms with E-state index in [-0.39, 0.29) is 0 Å². The molecule has 8 heteroatoms. The van der Waals surface area contributed by atoms with Crippen LogP contribution < -0.4 is 0 Å². The van der Waals surface area contributed by atoms with E-state index in [4.69, 9.17) is 27.2 Å². The molecule has 0 saturated carbocycles. The Bertz CT molecular complexity index is 223. The maximum absolute atomic E-state index is 5.44. The zero-order valence-corrected chi connectivity index (χ0v) is 16.4. The molecule has 0 fully saturated rings. The molecule has 0 saturated heterocycles. The van der Waals surface area contributed by atoms with Crippen LogP contribution >= 0.6 is 0 Å². The second-order valence-corrected chi connectivity index (χ2v) is 12.4. The molecular formula is C13H32O6Si2. The summed E-state index contributed by atoms with van der Waals surface area (Å²) in [7, 11) is 2.92. The molecule has 0 N–H and O–H groups in total. The maximum atomic E-state index is 5.44. The fraction of sp³-hybridized carbons (Fsp3) is 1.00. The molecular weight excluding hydrogens is 308 g/mol. The van der Waals surface area contributed by atoms with Crippen molar-refractivity contribution in [3.05, 3.63) is 0 Å². The summed E-state index contributed by atoms with van der Waals surface area (Å²) in [4.78, 5) is 0. The largest absolute Gasteiger partial charge is 0.398 e. The maximum Gasteiger partial charge on any atom is 0.334 e. The van der Waals surface area contributed by atoms with Gasteiger partial charge >= 0.3 is 17.1 Å². The lowest BCUT2D eigenvalue weighted by Gasteiger charge is -2.22. The molecule has 0 aliphatic carbocycles. The molecule has 0 unspecified atom stereocenters. The van der Waals surface area contributed by atoms with Crippen molar-refractivity contribution in [2.45, 2.75) is 38.0 Å². The van der Waals surface area contributed by atoms with Gasteiger partial charge in [0.05, 0.1) is 0 Å². The van der Waals surface area contributed by atoms with Crippen molar-refractivity contribution in [2.75, 3.05) is 48.4 Å². The van der Waals surface area contributed by atoms with Gasteiger partial charge in [-0.25, -0.2) is 0 Å². The molecule has 0 aromatic rings. The van der Waals surface area contributed by atoms with Crippen molar-refractivity contribution in [1.82, 2.24) is 0 Å². The van der Waals surface area contributed by atoms with Crippen molar-refractivity contribution in [3.63, 3.8) is 0 Å². The van der Waals surface area contributed by atoms with Crippen molar-refractivity contribution in [2.24, 2.45) is 0 Å². The molecule has 0 radical (unpaired) electrons. The molecule has 0 spiro atoms. The van der Waals surface area contributed by atoms with Crippen molar-refractivity contribution < 1.29 is 27.2 Å². The lowest BCUT2D eigenvalue weighted by molar-refractivity contribution is -0.0538. The van der Waals surface area contributed by atoms with E-state index in [0.717, 1.165) is 24.9 Å². The lowest BCUT2D eigenvalue weighted by atomic mass is 10.5. The van der Waals surface area contributed by atoms with E-state index in [0.29, 0.717) is 20.0 Å². The van der Waals surface area contributed by atoms with Crippen LogP contribution in [0.2, 0.25) is 25.2 Å². The van der Waals surface area contributed by atoms with Gasteiger partial charge in [0.2, 0.25) is 0 Å². The first kappa shape index (κ1) is 21.2. The number of hydrogen-bond donors (Lipinski definition) is 0. The van der Waals surface area contributed by atoms with Gasteiger partial charge in [-0.1, -0.05) is 0 Å². The van der Waals surface area contributed by atoms with Crippen LogP contribution in [0.4, 0.5) is 0 Å². The molecule has 0 aliphatic rings. The first-order valence-corrected chi connectivity index (χ1v) is 12.4. The predicted octanol–water partition coefficient (Wildman–Crippen LogP) is 2.49. The zero-order chi connectivity index (χ0) is 16.2. The fourth-order valence-corrected chi connectivity index (χ4v) is 4.47. The third kappa shape index (κ3) is 9.74. The second kappa shape index (κ2) is 11.7. The topological polar surface area (TPSA) is 55.4 Å². The molecule has 128 valence electrons. The van der Waals surface area contributed by atoms with Crippen molar-refractivity contribution in [3.8, 4) is 0 Å². The van der Waals surface area contributed by atoms with E-state index >= 15 is 0 Å². The van der Waals surface area contributed by atoms with Crippen LogP contribution in [0.1, 0.15) is 12.8 Å². The standard InChI is InChI=1S/C13H32O6Si2/c1-14-20(5,15-2)11-7-9-18-13-19-10-8-12-21(6,16-3)17-4/h7-13H2,1-6H3. The van der Waals surface area contributed by atoms with E-state index < -0.39 is 17.1 Å². The monoisotopic (exact) mass is 340 g/mol. The highest BCUT2D eigenvalue weighted by Crippen LogP contribution is 2.14. The minimum atomic E-state index is -1.95. The van der Waals surface area contributed by atoms with Gasteiger partial charge in [0.15, 0.2) is 0 Å². The van der Waals surface area contributed by atoms with Gasteiger partial charge in [-0.2, -0.15) is 0 Å². The molecule has 0 aromatic heterocycles. The van der Waals surface area contributed by atoms with Gasteiger partial charge in [0.25, 0.3) is 0 Å². The Kier molecular flexibility index (Phi) is 11.8. The van der Waals surface area contributed by atoms with Gasteiger partial charge in [0, 0.05) is 41.7 Å². The first-order chi connectivity index (χ1) is 9.95. The number of hydrogen-bond acceptors (Lipinski definition) is 6. The molecule has 6 nitrogen and oxygen atoms in total. The Balaban J connectivity index is 3.45. The third-order valence-corrected chi connectivity index (χ3v) is 9.71. The zero-order valence-electron chi connectivity index (χ0n) is 14.4. The van der Waals surface area contributed by atoms with Crippen LogP contribution in [0, 0.1) is 0 Å². The molecule has 0 rings (SSSR count). The minimum absolute atomic E-state index is 0.330. The summed E-state index contributed by atoms with van der Waals surface area (Å²) in [5, 5.41) is 0. The summed E-state index contributed by atoms with van der Waals surface area (Å²) >= 11 is 0.